The molecule has 0 radical (unpaired) electrons. The van der Waals surface area contributed by atoms with Crippen molar-refractivity contribution < 1.29 is 14.3 Å². The normalized spacial score (nSPS) is 11.0. The topological polar surface area (TPSA) is 117 Å². The molecule has 0 fully saturated rings. The number of amides is 1. The van der Waals surface area contributed by atoms with Gasteiger partial charge in [0.1, 0.15) is 17.6 Å². The van der Waals surface area contributed by atoms with Gasteiger partial charge in [0.2, 0.25) is 0 Å². The van der Waals surface area contributed by atoms with Crippen LogP contribution in [0.5, 0.6) is 11.5 Å². The highest BCUT2D eigenvalue weighted by Gasteiger charge is 2.09. The van der Waals surface area contributed by atoms with Crippen molar-refractivity contribution in [1.82, 2.24) is 9.97 Å². The number of aromatic nitrogens is 2. The molecule has 0 spiro atoms. The zero-order chi connectivity index (χ0) is 23.9. The molecular weight excluding hydrogens is 432 g/mol. The van der Waals surface area contributed by atoms with Crippen LogP contribution in [0.25, 0.3) is 22.6 Å². The van der Waals surface area contributed by atoms with Crippen LogP contribution in [-0.4, -0.2) is 29.6 Å². The number of hydrogen-bond donors (Lipinski definition) is 2. The Morgan fingerprint density at radius 2 is 1.76 bits per heavy atom. The lowest BCUT2D eigenvalue weighted by atomic mass is 10.1. The van der Waals surface area contributed by atoms with E-state index >= 15 is 0 Å². The average molecular weight is 452 g/mol. The number of para-hydroxylation sites is 1. The molecule has 1 heterocycles. The van der Waals surface area contributed by atoms with E-state index in [1.165, 1.54) is 0 Å². The maximum Gasteiger partial charge on any atom is 0.262 e. The summed E-state index contributed by atoms with van der Waals surface area (Å²) in [4.78, 5) is 31.5. The molecule has 8 heteroatoms. The molecule has 0 aliphatic carbocycles. The summed E-state index contributed by atoms with van der Waals surface area (Å²) in [5.41, 5.74) is 1.77. The number of carbonyl (C=O) groups is 1. The van der Waals surface area contributed by atoms with Gasteiger partial charge in [0.15, 0.2) is 12.4 Å². The third-order valence-corrected chi connectivity index (χ3v) is 4.92. The lowest BCUT2D eigenvalue weighted by molar-refractivity contribution is -0.118. The Hall–Kier alpha value is -4.90. The molecule has 34 heavy (non-hydrogen) atoms. The minimum absolute atomic E-state index is 0.160. The molecular formula is C26H20N4O4. The molecule has 0 saturated carbocycles. The van der Waals surface area contributed by atoms with Crippen LogP contribution in [0.1, 0.15) is 11.4 Å². The molecule has 0 unspecified atom stereocenters. The van der Waals surface area contributed by atoms with Gasteiger partial charge in [0, 0.05) is 5.69 Å². The number of fused-ring (bicyclic) bond motifs is 1. The number of aromatic amines is 1. The van der Waals surface area contributed by atoms with E-state index < -0.39 is 0 Å². The molecule has 4 aromatic rings. The van der Waals surface area contributed by atoms with Crippen LogP contribution in [0.15, 0.2) is 77.6 Å². The first-order valence-corrected chi connectivity index (χ1v) is 10.3. The number of nitrogens with zero attached hydrogens (tertiary/aromatic N) is 2. The summed E-state index contributed by atoms with van der Waals surface area (Å²) >= 11 is 0. The summed E-state index contributed by atoms with van der Waals surface area (Å²) < 4.78 is 10.6. The van der Waals surface area contributed by atoms with Gasteiger partial charge in [-0.25, -0.2) is 4.98 Å². The minimum Gasteiger partial charge on any atom is -0.497 e. The lowest BCUT2D eigenvalue weighted by Gasteiger charge is -2.08. The van der Waals surface area contributed by atoms with Crippen molar-refractivity contribution in [2.75, 3.05) is 19.0 Å². The fourth-order valence-electron chi connectivity index (χ4n) is 3.21. The van der Waals surface area contributed by atoms with Crippen LogP contribution in [-0.2, 0) is 4.79 Å². The number of benzene rings is 3. The first-order chi connectivity index (χ1) is 16.6. The highest BCUT2D eigenvalue weighted by Crippen LogP contribution is 2.19. The highest BCUT2D eigenvalue weighted by molar-refractivity contribution is 5.92. The lowest BCUT2D eigenvalue weighted by Crippen LogP contribution is -2.20. The Morgan fingerprint density at radius 1 is 1.06 bits per heavy atom. The molecule has 1 aromatic heterocycles. The fraction of sp³-hybridized carbons (Fsp3) is 0.0769. The predicted molar refractivity (Wildman–Crippen MR) is 129 cm³/mol. The second-order valence-electron chi connectivity index (χ2n) is 7.24. The van der Waals surface area contributed by atoms with Crippen LogP contribution < -0.4 is 20.3 Å². The Balaban J connectivity index is 1.42. The van der Waals surface area contributed by atoms with E-state index in [0.717, 1.165) is 0 Å². The third kappa shape index (κ3) is 5.29. The number of nitrogens with one attached hydrogen (secondary N) is 2. The Bertz CT molecular complexity index is 1450. The minimum atomic E-state index is -0.307. The quantitative estimate of drug-likeness (QED) is 0.409. The van der Waals surface area contributed by atoms with Crippen LogP contribution >= 0.6 is 0 Å². The monoisotopic (exact) mass is 452 g/mol. The van der Waals surface area contributed by atoms with Crippen molar-refractivity contribution in [3.8, 4) is 17.6 Å². The maximum atomic E-state index is 12.3. The van der Waals surface area contributed by atoms with Gasteiger partial charge in [-0.1, -0.05) is 24.3 Å². The first-order valence-electron chi connectivity index (χ1n) is 10.3. The average Bonchev–Trinajstić information content (AvgIpc) is 2.87. The summed E-state index contributed by atoms with van der Waals surface area (Å²) in [5.74, 6) is 1.09. The number of hydrogen-bond acceptors (Lipinski definition) is 6. The number of rotatable bonds is 7. The maximum absolute atomic E-state index is 12.3. The van der Waals surface area contributed by atoms with E-state index in [2.05, 4.69) is 21.4 Å². The molecule has 0 saturated heterocycles. The summed E-state index contributed by atoms with van der Waals surface area (Å²) in [7, 11) is 1.57. The zero-order valence-corrected chi connectivity index (χ0v) is 18.2. The van der Waals surface area contributed by atoms with Gasteiger partial charge in [-0.3, -0.25) is 9.59 Å². The molecule has 3 aromatic carbocycles. The van der Waals surface area contributed by atoms with E-state index in [0.29, 0.717) is 33.7 Å². The summed E-state index contributed by atoms with van der Waals surface area (Å²) in [6.45, 7) is -0.160. The Morgan fingerprint density at radius 3 is 2.47 bits per heavy atom. The van der Waals surface area contributed by atoms with E-state index in [9.17, 15) is 14.9 Å². The fourth-order valence-corrected chi connectivity index (χ4v) is 3.21. The molecule has 168 valence electrons. The second kappa shape index (κ2) is 10.1. The Labute approximate surface area is 195 Å². The molecule has 0 aliphatic heterocycles. The second-order valence-corrected chi connectivity index (χ2v) is 7.24. The van der Waals surface area contributed by atoms with E-state index in [1.54, 1.807) is 86.0 Å². The van der Waals surface area contributed by atoms with Gasteiger partial charge in [-0.05, 0) is 60.2 Å². The third-order valence-electron chi connectivity index (χ3n) is 4.92. The van der Waals surface area contributed by atoms with Gasteiger partial charge in [-0.15, -0.1) is 0 Å². The standard InChI is InChI=1S/C26H20N4O4/c1-33-20-12-8-19(9-13-20)28-24(31)16-34-21-10-6-17(7-11-21)14-18(15-27)25-29-23-5-3-2-4-22(23)26(32)30-25/h2-14H,16H2,1H3,(H,28,31)(H,29,30,32)/b18-14+. The molecule has 0 aliphatic rings. The molecule has 4 rings (SSSR count). The smallest absolute Gasteiger partial charge is 0.262 e. The number of anilines is 1. The van der Waals surface area contributed by atoms with Crippen molar-refractivity contribution in [3.05, 3.63) is 94.5 Å². The highest BCUT2D eigenvalue weighted by atomic mass is 16.5. The van der Waals surface area contributed by atoms with Crippen LogP contribution in [0, 0.1) is 11.3 Å². The SMILES string of the molecule is COc1ccc(NC(=O)COc2ccc(/C=C(\C#N)c3nc4ccccc4c(=O)[nH]3)cc2)cc1. The largest absolute Gasteiger partial charge is 0.497 e. The molecule has 0 atom stereocenters. The zero-order valence-electron chi connectivity index (χ0n) is 18.2. The molecule has 0 bridgehead atoms. The molecule has 8 nitrogen and oxygen atoms in total. The number of H-pyrrole nitrogens is 1. The van der Waals surface area contributed by atoms with Crippen molar-refractivity contribution in [2.45, 2.75) is 0 Å². The summed E-state index contributed by atoms with van der Waals surface area (Å²) in [5, 5.41) is 12.8. The Kier molecular flexibility index (Phi) is 6.65. The number of carbonyl (C=O) groups excluding carboxylic acids is 1. The molecule has 1 amide bonds. The number of methoxy groups -OCH3 is 1. The van der Waals surface area contributed by atoms with Crippen molar-refractivity contribution in [3.63, 3.8) is 0 Å². The molecule has 2 N–H and O–H groups in total. The van der Waals surface area contributed by atoms with Crippen molar-refractivity contribution in [1.29, 1.82) is 5.26 Å². The summed E-state index contributed by atoms with van der Waals surface area (Å²) in [6.07, 6.45) is 1.62. The van der Waals surface area contributed by atoms with Gasteiger partial charge in [0.05, 0.1) is 23.6 Å². The van der Waals surface area contributed by atoms with Gasteiger partial charge >= 0.3 is 0 Å². The van der Waals surface area contributed by atoms with Crippen LogP contribution in [0.2, 0.25) is 0 Å². The van der Waals surface area contributed by atoms with Crippen molar-refractivity contribution in [2.24, 2.45) is 0 Å². The predicted octanol–water partition coefficient (Wildman–Crippen LogP) is 4.01. The summed E-state index contributed by atoms with van der Waals surface area (Å²) in [6, 6.07) is 22.9. The van der Waals surface area contributed by atoms with Crippen LogP contribution in [0.3, 0.4) is 0 Å². The van der Waals surface area contributed by atoms with E-state index in [1.807, 2.05) is 0 Å². The van der Waals surface area contributed by atoms with Gasteiger partial charge < -0.3 is 19.8 Å². The number of nitriles is 1. The van der Waals surface area contributed by atoms with Crippen molar-refractivity contribution >= 4 is 34.1 Å². The van der Waals surface area contributed by atoms with Gasteiger partial charge in [0.25, 0.3) is 11.5 Å². The number of ether oxygens (including phenoxy) is 2. The number of allylic oxidation sites excluding steroid dienone is 1. The van der Waals surface area contributed by atoms with Crippen LogP contribution in [0.4, 0.5) is 5.69 Å². The first kappa shape index (κ1) is 22.3. The van der Waals surface area contributed by atoms with Gasteiger partial charge in [-0.2, -0.15) is 5.26 Å². The van der Waals surface area contributed by atoms with E-state index in [4.69, 9.17) is 9.47 Å². The van der Waals surface area contributed by atoms with E-state index in [-0.39, 0.29) is 29.5 Å².